The van der Waals surface area contributed by atoms with Gasteiger partial charge in [-0.15, -0.1) is 6.42 Å². The Morgan fingerprint density at radius 2 is 2.06 bits per heavy atom. The molecule has 1 heterocycles. The quantitative estimate of drug-likeness (QED) is 0.741. The molecule has 0 bridgehead atoms. The van der Waals surface area contributed by atoms with Crippen molar-refractivity contribution in [2.24, 2.45) is 0 Å². The van der Waals surface area contributed by atoms with Gasteiger partial charge < -0.3 is 10.2 Å². The average molecular weight is 236 g/mol. The third-order valence-electron chi connectivity index (χ3n) is 3.54. The molecule has 1 fully saturated rings. The van der Waals surface area contributed by atoms with Crippen LogP contribution in [0.15, 0.2) is 0 Å². The van der Waals surface area contributed by atoms with Crippen molar-refractivity contribution in [3.05, 3.63) is 0 Å². The van der Waals surface area contributed by atoms with Crippen LogP contribution in [0, 0.1) is 12.3 Å². The van der Waals surface area contributed by atoms with E-state index in [1.807, 2.05) is 20.8 Å². The molecule has 0 aromatic rings. The van der Waals surface area contributed by atoms with Crippen molar-refractivity contribution in [1.82, 2.24) is 10.2 Å². The minimum atomic E-state index is -0.779. The van der Waals surface area contributed by atoms with E-state index < -0.39 is 5.54 Å². The number of carbonyl (C=O) groups excluding carboxylic acids is 2. The first-order valence-electron chi connectivity index (χ1n) is 6.09. The fraction of sp³-hybridized carbons (Fsp3) is 0.692. The fourth-order valence-electron chi connectivity index (χ4n) is 2.17. The molecule has 1 rings (SSSR count). The molecule has 1 aliphatic rings. The maximum atomic E-state index is 12.5. The molecular weight excluding hydrogens is 216 g/mol. The first kappa shape index (κ1) is 13.6. The van der Waals surface area contributed by atoms with Crippen LogP contribution in [0.5, 0.6) is 0 Å². The number of hydrogen-bond acceptors (Lipinski definition) is 2. The molecule has 17 heavy (non-hydrogen) atoms. The van der Waals surface area contributed by atoms with E-state index in [0.717, 1.165) is 0 Å². The number of rotatable bonds is 3. The van der Waals surface area contributed by atoms with E-state index in [0.29, 0.717) is 25.8 Å². The Balaban J connectivity index is 3.09. The summed E-state index contributed by atoms with van der Waals surface area (Å²) in [5.41, 5.74) is -0.779. The lowest BCUT2D eigenvalue weighted by atomic mass is 9.91. The molecule has 0 aromatic carbocycles. The molecular formula is C13H20N2O2. The fourth-order valence-corrected chi connectivity index (χ4v) is 2.17. The number of nitrogens with one attached hydrogen (secondary N) is 1. The van der Waals surface area contributed by atoms with E-state index in [1.54, 1.807) is 4.90 Å². The lowest BCUT2D eigenvalue weighted by Crippen LogP contribution is -2.57. The lowest BCUT2D eigenvalue weighted by Gasteiger charge is -2.35. The minimum Gasteiger partial charge on any atom is -0.342 e. The summed E-state index contributed by atoms with van der Waals surface area (Å²) < 4.78 is 0. The molecule has 0 spiro atoms. The van der Waals surface area contributed by atoms with Gasteiger partial charge in [0.15, 0.2) is 0 Å². The van der Waals surface area contributed by atoms with Crippen LogP contribution in [0.2, 0.25) is 0 Å². The van der Waals surface area contributed by atoms with Gasteiger partial charge in [-0.1, -0.05) is 19.8 Å². The van der Waals surface area contributed by atoms with Gasteiger partial charge in [-0.3, -0.25) is 9.59 Å². The van der Waals surface area contributed by atoms with Gasteiger partial charge in [0.05, 0.1) is 6.04 Å². The average Bonchev–Trinajstić information content (AvgIpc) is 2.47. The van der Waals surface area contributed by atoms with Crippen molar-refractivity contribution in [2.75, 3.05) is 6.54 Å². The van der Waals surface area contributed by atoms with Crippen molar-refractivity contribution in [2.45, 2.75) is 51.6 Å². The van der Waals surface area contributed by atoms with Gasteiger partial charge in [0, 0.05) is 13.0 Å². The molecule has 0 saturated carbocycles. The second-order valence-corrected chi connectivity index (χ2v) is 4.43. The van der Waals surface area contributed by atoms with Crippen LogP contribution in [-0.2, 0) is 9.59 Å². The Kier molecular flexibility index (Phi) is 4.17. The van der Waals surface area contributed by atoms with Crippen molar-refractivity contribution in [3.8, 4) is 12.3 Å². The van der Waals surface area contributed by atoms with Crippen LogP contribution >= 0.6 is 0 Å². The molecule has 1 N–H and O–H groups in total. The molecule has 1 unspecified atom stereocenters. The highest BCUT2D eigenvalue weighted by Gasteiger charge is 2.42. The third-order valence-corrected chi connectivity index (χ3v) is 3.54. The van der Waals surface area contributed by atoms with Gasteiger partial charge in [-0.2, -0.15) is 0 Å². The van der Waals surface area contributed by atoms with Gasteiger partial charge in [0.25, 0.3) is 0 Å². The zero-order valence-electron chi connectivity index (χ0n) is 10.7. The van der Waals surface area contributed by atoms with Gasteiger partial charge >= 0.3 is 0 Å². The number of amides is 2. The minimum absolute atomic E-state index is 0.0567. The molecule has 4 nitrogen and oxygen atoms in total. The highest BCUT2D eigenvalue weighted by atomic mass is 16.2. The molecule has 0 aliphatic carbocycles. The van der Waals surface area contributed by atoms with Crippen LogP contribution in [0.25, 0.3) is 0 Å². The van der Waals surface area contributed by atoms with Crippen LogP contribution in [0.4, 0.5) is 0 Å². The van der Waals surface area contributed by atoms with Gasteiger partial charge in [-0.05, 0) is 19.8 Å². The molecule has 2 amide bonds. The van der Waals surface area contributed by atoms with Crippen LogP contribution in [0.1, 0.15) is 40.0 Å². The zero-order valence-corrected chi connectivity index (χ0v) is 10.7. The second-order valence-electron chi connectivity index (χ2n) is 4.43. The van der Waals surface area contributed by atoms with E-state index in [4.69, 9.17) is 6.42 Å². The summed E-state index contributed by atoms with van der Waals surface area (Å²) in [6, 6.07) is -0.271. The van der Waals surface area contributed by atoms with Crippen LogP contribution < -0.4 is 5.32 Å². The highest BCUT2D eigenvalue weighted by molar-refractivity contribution is 5.93. The highest BCUT2D eigenvalue weighted by Crippen LogP contribution is 2.23. The van der Waals surface area contributed by atoms with Crippen molar-refractivity contribution in [3.63, 3.8) is 0 Å². The molecule has 1 aliphatic heterocycles. The summed E-state index contributed by atoms with van der Waals surface area (Å²) in [7, 11) is 0. The Morgan fingerprint density at radius 1 is 1.47 bits per heavy atom. The van der Waals surface area contributed by atoms with Crippen LogP contribution in [-0.4, -0.2) is 34.8 Å². The Bertz CT molecular complexity index is 353. The molecule has 1 atom stereocenters. The summed E-state index contributed by atoms with van der Waals surface area (Å²) in [6.07, 6.45) is 6.86. The summed E-state index contributed by atoms with van der Waals surface area (Å²) in [5.74, 6) is 2.43. The van der Waals surface area contributed by atoms with Gasteiger partial charge in [-0.25, -0.2) is 0 Å². The first-order valence-corrected chi connectivity index (χ1v) is 6.09. The predicted molar refractivity (Wildman–Crippen MR) is 66.1 cm³/mol. The predicted octanol–water partition coefficient (Wildman–Crippen LogP) is 0.915. The molecule has 4 heteroatoms. The SMILES string of the molecule is C#CC(C)N1CCC(=O)NC(CC)(CC)C1=O. The number of hydrogen-bond donors (Lipinski definition) is 1. The molecule has 1 saturated heterocycles. The Hall–Kier alpha value is -1.50. The summed E-state index contributed by atoms with van der Waals surface area (Å²) in [5, 5.41) is 2.85. The zero-order chi connectivity index (χ0) is 13.1. The van der Waals surface area contributed by atoms with Crippen molar-refractivity contribution >= 4 is 11.8 Å². The Labute approximate surface area is 103 Å². The van der Waals surface area contributed by atoms with Crippen LogP contribution in [0.3, 0.4) is 0 Å². The monoisotopic (exact) mass is 236 g/mol. The summed E-state index contributed by atoms with van der Waals surface area (Å²) >= 11 is 0. The summed E-state index contributed by atoms with van der Waals surface area (Å²) in [4.78, 5) is 25.8. The van der Waals surface area contributed by atoms with E-state index in [2.05, 4.69) is 11.2 Å². The number of carbonyl (C=O) groups is 2. The van der Waals surface area contributed by atoms with E-state index in [1.165, 1.54) is 0 Å². The van der Waals surface area contributed by atoms with Gasteiger partial charge in [0.2, 0.25) is 11.8 Å². The molecule has 94 valence electrons. The summed E-state index contributed by atoms with van der Waals surface area (Å²) in [6.45, 7) is 6.03. The smallest absolute Gasteiger partial charge is 0.249 e. The topological polar surface area (TPSA) is 49.4 Å². The van der Waals surface area contributed by atoms with Crippen molar-refractivity contribution in [1.29, 1.82) is 0 Å². The number of nitrogens with zero attached hydrogens (tertiary/aromatic N) is 1. The molecule has 0 aromatic heterocycles. The lowest BCUT2D eigenvalue weighted by molar-refractivity contribution is -0.140. The first-order chi connectivity index (χ1) is 8.00. The molecule has 0 radical (unpaired) electrons. The maximum absolute atomic E-state index is 12.5. The standard InChI is InChI=1S/C13H20N2O2/c1-5-10(4)15-9-8-11(16)14-13(6-2,7-3)12(15)17/h1,10H,6-9H2,2-4H3,(H,14,16). The van der Waals surface area contributed by atoms with Crippen molar-refractivity contribution < 1.29 is 9.59 Å². The largest absolute Gasteiger partial charge is 0.342 e. The third kappa shape index (κ3) is 2.44. The normalized spacial score (nSPS) is 21.4. The number of terminal acetylenes is 1. The van der Waals surface area contributed by atoms with Gasteiger partial charge in [0.1, 0.15) is 5.54 Å². The van der Waals surface area contributed by atoms with E-state index >= 15 is 0 Å². The Morgan fingerprint density at radius 3 is 2.53 bits per heavy atom. The van der Waals surface area contributed by atoms with E-state index in [-0.39, 0.29) is 17.9 Å². The second kappa shape index (κ2) is 5.22. The maximum Gasteiger partial charge on any atom is 0.249 e. The van der Waals surface area contributed by atoms with E-state index in [9.17, 15) is 9.59 Å².